The van der Waals surface area contributed by atoms with Gasteiger partial charge in [-0.1, -0.05) is 29.3 Å². The number of carbonyl (C=O) groups excluding carboxylic acids is 2. The fourth-order valence-corrected chi connectivity index (χ4v) is 4.26. The van der Waals surface area contributed by atoms with Gasteiger partial charge in [-0.3, -0.25) is 4.79 Å². The monoisotopic (exact) mass is 528 g/mol. The highest BCUT2D eigenvalue weighted by molar-refractivity contribution is 6.43. The van der Waals surface area contributed by atoms with Gasteiger partial charge in [-0.05, 0) is 48.5 Å². The van der Waals surface area contributed by atoms with Crippen molar-refractivity contribution < 1.29 is 37.0 Å². The van der Waals surface area contributed by atoms with Crippen LogP contribution in [-0.4, -0.2) is 35.9 Å². The number of Topliss-reactive ketones (excluding diaryl/α,β-unsaturated/α-hetero) is 1. The quantitative estimate of drug-likeness (QED) is 0.386. The van der Waals surface area contributed by atoms with E-state index in [0.717, 1.165) is 0 Å². The first-order valence-electron chi connectivity index (χ1n) is 10.1. The molecule has 0 radical (unpaired) electrons. The number of carbonyl (C=O) groups is 2. The molecule has 2 amide bonds. The zero-order valence-corrected chi connectivity index (χ0v) is 19.3. The first kappa shape index (κ1) is 24.9. The number of aliphatic hydroxyl groups is 1. The number of halogens is 5. The molecule has 184 valence electrons. The van der Waals surface area contributed by atoms with E-state index in [2.05, 4.69) is 5.32 Å². The van der Waals surface area contributed by atoms with Crippen LogP contribution in [0.15, 0.2) is 59.0 Å². The number of hydrogen-bond acceptors (Lipinski definition) is 5. The van der Waals surface area contributed by atoms with Crippen LogP contribution in [0.25, 0.3) is 11.3 Å². The summed E-state index contributed by atoms with van der Waals surface area (Å²) in [4.78, 5) is 25.5. The Balaban J connectivity index is 1.82. The van der Waals surface area contributed by atoms with E-state index in [0.29, 0.717) is 11.3 Å². The van der Waals surface area contributed by atoms with Gasteiger partial charge in [0.2, 0.25) is 5.72 Å². The number of hydrogen-bond donors (Lipinski definition) is 3. The SMILES string of the molecule is COc1ccc(C(=O)[C@@H]2[C@@H](c3ccc(-c4cccc(Cl)c4Cl)o3)NC(=O)N[C@@]2(O)C(F)(F)F)cc1. The second kappa shape index (κ2) is 9.10. The van der Waals surface area contributed by atoms with Crippen LogP contribution in [0, 0.1) is 5.92 Å². The van der Waals surface area contributed by atoms with Crippen molar-refractivity contribution in [2.45, 2.75) is 17.9 Å². The molecule has 3 atom stereocenters. The van der Waals surface area contributed by atoms with Crippen molar-refractivity contribution in [1.29, 1.82) is 0 Å². The molecule has 1 fully saturated rings. The van der Waals surface area contributed by atoms with Crippen molar-refractivity contribution in [1.82, 2.24) is 10.6 Å². The Morgan fingerprint density at radius 2 is 1.80 bits per heavy atom. The maximum atomic E-state index is 14.1. The van der Waals surface area contributed by atoms with Gasteiger partial charge in [0.1, 0.15) is 29.2 Å². The highest BCUT2D eigenvalue weighted by Gasteiger charge is 2.66. The number of rotatable bonds is 5. The molecule has 2 heterocycles. The second-order valence-electron chi connectivity index (χ2n) is 7.71. The number of benzene rings is 2. The Morgan fingerprint density at radius 1 is 1.11 bits per heavy atom. The lowest BCUT2D eigenvalue weighted by atomic mass is 9.79. The summed E-state index contributed by atoms with van der Waals surface area (Å²) in [6, 6.07) is 9.65. The third-order valence-electron chi connectivity index (χ3n) is 5.61. The Hall–Kier alpha value is -3.21. The average Bonchev–Trinajstić information content (AvgIpc) is 3.29. The molecule has 4 rings (SSSR count). The molecule has 0 spiro atoms. The van der Waals surface area contributed by atoms with Crippen LogP contribution in [0.3, 0.4) is 0 Å². The van der Waals surface area contributed by atoms with Crippen molar-refractivity contribution in [3.05, 3.63) is 76.0 Å². The molecule has 1 saturated heterocycles. The van der Waals surface area contributed by atoms with E-state index in [1.54, 1.807) is 12.1 Å². The predicted octanol–water partition coefficient (Wildman–Crippen LogP) is 5.37. The van der Waals surface area contributed by atoms with Crippen LogP contribution in [0.2, 0.25) is 10.0 Å². The van der Waals surface area contributed by atoms with Crippen LogP contribution in [0.5, 0.6) is 5.75 Å². The third-order valence-corrected chi connectivity index (χ3v) is 6.43. The third kappa shape index (κ3) is 4.44. The molecule has 0 saturated carbocycles. The molecule has 1 aliphatic heterocycles. The van der Waals surface area contributed by atoms with Gasteiger partial charge in [-0.25, -0.2) is 4.79 Å². The molecule has 0 aliphatic carbocycles. The highest BCUT2D eigenvalue weighted by Crippen LogP contribution is 2.45. The number of furan rings is 1. The Bertz CT molecular complexity index is 1280. The van der Waals surface area contributed by atoms with Gasteiger partial charge in [-0.2, -0.15) is 13.2 Å². The minimum Gasteiger partial charge on any atom is -0.497 e. The molecule has 12 heteroatoms. The molecule has 0 unspecified atom stereocenters. The predicted molar refractivity (Wildman–Crippen MR) is 120 cm³/mol. The van der Waals surface area contributed by atoms with Crippen molar-refractivity contribution >= 4 is 35.0 Å². The molecule has 7 nitrogen and oxygen atoms in total. The number of alkyl halides is 3. The van der Waals surface area contributed by atoms with Crippen LogP contribution in [0.1, 0.15) is 22.2 Å². The first-order valence-corrected chi connectivity index (χ1v) is 10.8. The second-order valence-corrected chi connectivity index (χ2v) is 8.50. The summed E-state index contributed by atoms with van der Waals surface area (Å²) in [7, 11) is 1.39. The number of ether oxygens (including phenoxy) is 1. The first-order chi connectivity index (χ1) is 16.5. The smallest absolute Gasteiger partial charge is 0.437 e. The topological polar surface area (TPSA) is 101 Å². The summed E-state index contributed by atoms with van der Waals surface area (Å²) in [6.07, 6.45) is -5.40. The summed E-state index contributed by atoms with van der Waals surface area (Å²) in [5, 5.41) is 14.8. The van der Waals surface area contributed by atoms with E-state index in [9.17, 15) is 27.9 Å². The van der Waals surface area contributed by atoms with Gasteiger partial charge in [0.05, 0.1) is 17.2 Å². The van der Waals surface area contributed by atoms with Crippen molar-refractivity contribution in [2.24, 2.45) is 5.92 Å². The van der Waals surface area contributed by atoms with E-state index in [-0.39, 0.29) is 27.1 Å². The van der Waals surface area contributed by atoms with Crippen LogP contribution < -0.4 is 15.4 Å². The standard InChI is InChI=1S/C23H17Cl2F3N2O5/c1-34-12-7-5-11(6-8-12)20(31)17-19(29-21(32)30-22(17,33)23(26,27)28)16-10-9-15(35-16)13-3-2-4-14(24)18(13)25/h2-10,17,19,33H,1H3,(H2,29,30,32)/t17-,19+,22-/m0/s1. The molecule has 3 aromatic rings. The largest absolute Gasteiger partial charge is 0.497 e. The van der Waals surface area contributed by atoms with Gasteiger partial charge in [0, 0.05) is 11.1 Å². The van der Waals surface area contributed by atoms with Gasteiger partial charge < -0.3 is 24.9 Å². The average molecular weight is 529 g/mol. The molecule has 0 bridgehead atoms. The summed E-state index contributed by atoms with van der Waals surface area (Å²) < 4.78 is 52.9. The lowest BCUT2D eigenvalue weighted by molar-refractivity contribution is -0.288. The molecule has 3 N–H and O–H groups in total. The lowest BCUT2D eigenvalue weighted by Crippen LogP contribution is -2.72. The molecule has 35 heavy (non-hydrogen) atoms. The summed E-state index contributed by atoms with van der Waals surface area (Å²) in [6.45, 7) is 0. The van der Waals surface area contributed by atoms with E-state index in [1.807, 2.05) is 0 Å². The van der Waals surface area contributed by atoms with Gasteiger partial charge in [0.15, 0.2) is 5.78 Å². The maximum absolute atomic E-state index is 14.1. The van der Waals surface area contributed by atoms with Crippen LogP contribution >= 0.6 is 23.2 Å². The Labute approximate surface area is 206 Å². The van der Waals surface area contributed by atoms with E-state index in [1.165, 1.54) is 54.9 Å². The fraction of sp³-hybridized carbons (Fsp3) is 0.217. The summed E-state index contributed by atoms with van der Waals surface area (Å²) >= 11 is 12.2. The number of ketones is 1. The van der Waals surface area contributed by atoms with Gasteiger partial charge in [-0.15, -0.1) is 0 Å². The summed E-state index contributed by atoms with van der Waals surface area (Å²) in [5.74, 6) is -3.05. The molecule has 2 aromatic carbocycles. The van der Waals surface area contributed by atoms with E-state index < -0.39 is 35.7 Å². The minimum atomic E-state index is -5.40. The summed E-state index contributed by atoms with van der Waals surface area (Å²) in [5.41, 5.74) is -3.70. The number of methoxy groups -OCH3 is 1. The normalized spacial score (nSPS) is 22.3. The fourth-order valence-electron chi connectivity index (χ4n) is 3.87. The van der Waals surface area contributed by atoms with Gasteiger partial charge >= 0.3 is 12.2 Å². The zero-order chi connectivity index (χ0) is 25.5. The zero-order valence-electron chi connectivity index (χ0n) is 17.8. The van der Waals surface area contributed by atoms with Crippen molar-refractivity contribution in [3.63, 3.8) is 0 Å². The Morgan fingerprint density at radius 3 is 2.43 bits per heavy atom. The van der Waals surface area contributed by atoms with Crippen LogP contribution in [0.4, 0.5) is 18.0 Å². The molecule has 1 aliphatic rings. The molecule has 1 aromatic heterocycles. The number of nitrogens with one attached hydrogen (secondary N) is 2. The van der Waals surface area contributed by atoms with Crippen molar-refractivity contribution in [3.8, 4) is 17.1 Å². The lowest BCUT2D eigenvalue weighted by Gasteiger charge is -2.44. The van der Waals surface area contributed by atoms with Gasteiger partial charge in [0.25, 0.3) is 0 Å². The number of amides is 2. The highest BCUT2D eigenvalue weighted by atomic mass is 35.5. The van der Waals surface area contributed by atoms with E-state index >= 15 is 0 Å². The van der Waals surface area contributed by atoms with E-state index in [4.69, 9.17) is 32.4 Å². The Kier molecular flexibility index (Phi) is 6.48. The number of urea groups is 1. The minimum absolute atomic E-state index is 0.131. The molecular formula is C23H17Cl2F3N2O5. The van der Waals surface area contributed by atoms with Crippen molar-refractivity contribution in [2.75, 3.05) is 7.11 Å². The maximum Gasteiger partial charge on any atom is 0.437 e. The van der Waals surface area contributed by atoms with Crippen LogP contribution in [-0.2, 0) is 0 Å². The molecular weight excluding hydrogens is 512 g/mol.